The number of rotatable bonds is 9. The molecule has 7 heteroatoms. The van der Waals surface area contributed by atoms with Crippen LogP contribution in [0, 0.1) is 0 Å². The van der Waals surface area contributed by atoms with Crippen LogP contribution in [0.3, 0.4) is 0 Å². The molecule has 0 amide bonds. The van der Waals surface area contributed by atoms with Gasteiger partial charge in [-0.1, -0.05) is 36.4 Å². The van der Waals surface area contributed by atoms with Gasteiger partial charge < -0.3 is 20.6 Å². The Bertz CT molecular complexity index is 690. The first-order valence-corrected chi connectivity index (χ1v) is 9.52. The van der Waals surface area contributed by atoms with Gasteiger partial charge in [0.05, 0.1) is 6.61 Å². The molecule has 0 radical (unpaired) electrons. The Balaban J connectivity index is 0.00000392. The molecule has 28 heavy (non-hydrogen) atoms. The Hall–Kier alpha value is -1.87. The van der Waals surface area contributed by atoms with Crippen LogP contribution < -0.4 is 15.5 Å². The molecule has 0 aliphatic carbocycles. The summed E-state index contributed by atoms with van der Waals surface area (Å²) in [5.41, 5.74) is 2.20. The molecule has 1 aromatic heterocycles. The molecule has 0 aliphatic heterocycles. The standard InChI is InChI=1S/C21H31N5O.HI/c1-4-26(5-2)20-12-11-17(13-23-20)14-24-21(22-3)25-15-19(16-27)18-9-7-6-8-10-18;/h6-13,19,27H,4-5,14-16H2,1-3H3,(H2,22,24,25);1H. The lowest BCUT2D eigenvalue weighted by molar-refractivity contribution is 0.265. The molecule has 0 saturated heterocycles. The molecule has 0 fully saturated rings. The van der Waals surface area contributed by atoms with Gasteiger partial charge in [-0.2, -0.15) is 0 Å². The number of aliphatic hydroxyl groups is 1. The Morgan fingerprint density at radius 2 is 1.82 bits per heavy atom. The van der Waals surface area contributed by atoms with Crippen molar-refractivity contribution in [2.24, 2.45) is 4.99 Å². The minimum absolute atomic E-state index is 0. The first-order valence-electron chi connectivity index (χ1n) is 9.52. The smallest absolute Gasteiger partial charge is 0.191 e. The summed E-state index contributed by atoms with van der Waals surface area (Å²) in [7, 11) is 1.74. The molecule has 0 saturated carbocycles. The lowest BCUT2D eigenvalue weighted by atomic mass is 10.0. The molecule has 1 heterocycles. The van der Waals surface area contributed by atoms with Crippen molar-refractivity contribution >= 4 is 35.8 Å². The van der Waals surface area contributed by atoms with E-state index in [9.17, 15) is 5.11 Å². The summed E-state index contributed by atoms with van der Waals surface area (Å²) in [5.74, 6) is 1.73. The van der Waals surface area contributed by atoms with E-state index < -0.39 is 0 Å². The number of aliphatic hydroxyl groups excluding tert-OH is 1. The number of nitrogens with zero attached hydrogens (tertiary/aromatic N) is 3. The number of anilines is 1. The number of hydrogen-bond acceptors (Lipinski definition) is 4. The van der Waals surface area contributed by atoms with E-state index in [0.29, 0.717) is 19.0 Å². The number of aliphatic imine (C=N–C) groups is 1. The predicted molar refractivity (Wildman–Crippen MR) is 128 cm³/mol. The van der Waals surface area contributed by atoms with Crippen LogP contribution in [-0.2, 0) is 6.54 Å². The maximum Gasteiger partial charge on any atom is 0.191 e. The van der Waals surface area contributed by atoms with Gasteiger partial charge >= 0.3 is 0 Å². The third kappa shape index (κ3) is 7.27. The number of benzene rings is 1. The summed E-state index contributed by atoms with van der Waals surface area (Å²) in [6, 6.07) is 14.1. The van der Waals surface area contributed by atoms with Crippen molar-refractivity contribution in [3.63, 3.8) is 0 Å². The van der Waals surface area contributed by atoms with Gasteiger partial charge in [0.1, 0.15) is 5.82 Å². The largest absolute Gasteiger partial charge is 0.396 e. The number of aromatic nitrogens is 1. The van der Waals surface area contributed by atoms with Crippen LogP contribution in [0.2, 0.25) is 0 Å². The molecule has 2 aromatic rings. The zero-order valence-electron chi connectivity index (χ0n) is 16.9. The highest BCUT2D eigenvalue weighted by atomic mass is 127. The van der Waals surface area contributed by atoms with E-state index >= 15 is 0 Å². The normalized spacial score (nSPS) is 12.1. The number of guanidine groups is 1. The number of hydrogen-bond donors (Lipinski definition) is 3. The zero-order chi connectivity index (χ0) is 19.5. The SMILES string of the molecule is CCN(CC)c1ccc(CNC(=NC)NCC(CO)c2ccccc2)cn1.I. The van der Waals surface area contributed by atoms with Crippen molar-refractivity contribution in [3.05, 3.63) is 59.8 Å². The van der Waals surface area contributed by atoms with E-state index in [1.807, 2.05) is 36.5 Å². The van der Waals surface area contributed by atoms with Gasteiger partial charge in [0.15, 0.2) is 5.96 Å². The molecule has 0 spiro atoms. The van der Waals surface area contributed by atoms with Crippen molar-refractivity contribution in [1.82, 2.24) is 15.6 Å². The van der Waals surface area contributed by atoms with E-state index in [4.69, 9.17) is 0 Å². The molecule has 1 atom stereocenters. The molecular formula is C21H32IN5O. The summed E-state index contributed by atoms with van der Waals surface area (Å²) in [6.45, 7) is 7.50. The molecule has 3 N–H and O–H groups in total. The monoisotopic (exact) mass is 497 g/mol. The number of pyridine rings is 1. The predicted octanol–water partition coefficient (Wildman–Crippen LogP) is 2.99. The zero-order valence-corrected chi connectivity index (χ0v) is 19.3. The first-order chi connectivity index (χ1) is 13.2. The van der Waals surface area contributed by atoms with Crippen molar-refractivity contribution in [2.75, 3.05) is 38.2 Å². The van der Waals surface area contributed by atoms with Crippen LogP contribution in [0.25, 0.3) is 0 Å². The molecule has 0 bridgehead atoms. The van der Waals surface area contributed by atoms with Gasteiger partial charge in [0.2, 0.25) is 0 Å². The maximum atomic E-state index is 9.67. The van der Waals surface area contributed by atoms with Crippen molar-refractivity contribution in [2.45, 2.75) is 26.3 Å². The van der Waals surface area contributed by atoms with Crippen LogP contribution in [0.1, 0.15) is 30.9 Å². The second kappa shape index (κ2) is 13.3. The lowest BCUT2D eigenvalue weighted by Crippen LogP contribution is -2.39. The molecular weight excluding hydrogens is 465 g/mol. The quantitative estimate of drug-likeness (QED) is 0.282. The van der Waals surface area contributed by atoms with Gasteiger partial charge in [-0.15, -0.1) is 24.0 Å². The Labute approximate surface area is 185 Å². The molecule has 6 nitrogen and oxygen atoms in total. The van der Waals surface area contributed by atoms with Gasteiger partial charge in [-0.05, 0) is 31.0 Å². The molecule has 1 unspecified atom stereocenters. The van der Waals surface area contributed by atoms with E-state index in [-0.39, 0.29) is 36.5 Å². The fraction of sp³-hybridized carbons (Fsp3) is 0.429. The van der Waals surface area contributed by atoms with E-state index in [0.717, 1.165) is 30.0 Å². The van der Waals surface area contributed by atoms with Gasteiger partial charge in [-0.25, -0.2) is 4.98 Å². The minimum Gasteiger partial charge on any atom is -0.396 e. The third-order valence-corrected chi connectivity index (χ3v) is 4.59. The second-order valence-electron chi connectivity index (χ2n) is 6.29. The van der Waals surface area contributed by atoms with Gasteiger partial charge in [0.25, 0.3) is 0 Å². The van der Waals surface area contributed by atoms with Crippen LogP contribution in [0.4, 0.5) is 5.82 Å². The van der Waals surface area contributed by atoms with Crippen molar-refractivity contribution in [3.8, 4) is 0 Å². The molecule has 0 aliphatic rings. The summed E-state index contributed by atoms with van der Waals surface area (Å²) < 4.78 is 0. The van der Waals surface area contributed by atoms with Crippen LogP contribution in [0.5, 0.6) is 0 Å². The third-order valence-electron chi connectivity index (χ3n) is 4.59. The average molecular weight is 497 g/mol. The summed E-state index contributed by atoms with van der Waals surface area (Å²) >= 11 is 0. The van der Waals surface area contributed by atoms with Crippen LogP contribution in [-0.4, -0.2) is 49.3 Å². The summed E-state index contributed by atoms with van der Waals surface area (Å²) in [5, 5.41) is 16.3. The number of halogens is 1. The van der Waals surface area contributed by atoms with E-state index in [2.05, 4.69) is 51.5 Å². The average Bonchev–Trinajstić information content (AvgIpc) is 2.73. The summed E-state index contributed by atoms with van der Waals surface area (Å²) in [4.78, 5) is 11.0. The van der Waals surface area contributed by atoms with Gasteiger partial charge in [-0.3, -0.25) is 4.99 Å². The first kappa shape index (κ1) is 24.2. The molecule has 1 aromatic carbocycles. The molecule has 154 valence electrons. The van der Waals surface area contributed by atoms with Crippen molar-refractivity contribution in [1.29, 1.82) is 0 Å². The highest BCUT2D eigenvalue weighted by Crippen LogP contribution is 2.13. The minimum atomic E-state index is 0. The maximum absolute atomic E-state index is 9.67. The van der Waals surface area contributed by atoms with Gasteiger partial charge in [0, 0.05) is 45.3 Å². The van der Waals surface area contributed by atoms with Crippen LogP contribution in [0.15, 0.2) is 53.7 Å². The van der Waals surface area contributed by atoms with Crippen LogP contribution >= 0.6 is 24.0 Å². The van der Waals surface area contributed by atoms with Crippen molar-refractivity contribution < 1.29 is 5.11 Å². The Morgan fingerprint density at radius 1 is 1.11 bits per heavy atom. The Morgan fingerprint density at radius 3 is 2.36 bits per heavy atom. The summed E-state index contributed by atoms with van der Waals surface area (Å²) in [6.07, 6.45) is 1.90. The second-order valence-corrected chi connectivity index (χ2v) is 6.29. The fourth-order valence-corrected chi connectivity index (χ4v) is 2.90. The fourth-order valence-electron chi connectivity index (χ4n) is 2.90. The number of nitrogens with one attached hydrogen (secondary N) is 2. The lowest BCUT2D eigenvalue weighted by Gasteiger charge is -2.20. The topological polar surface area (TPSA) is 72.8 Å². The van der Waals surface area contributed by atoms with E-state index in [1.165, 1.54) is 0 Å². The Kier molecular flexibility index (Phi) is 11.5. The highest BCUT2D eigenvalue weighted by Gasteiger charge is 2.11. The van der Waals surface area contributed by atoms with E-state index in [1.54, 1.807) is 7.05 Å². The molecule has 2 rings (SSSR count). The highest BCUT2D eigenvalue weighted by molar-refractivity contribution is 14.0.